The van der Waals surface area contributed by atoms with E-state index < -0.39 is 16.9 Å². The lowest BCUT2D eigenvalue weighted by atomic mass is 9.74. The summed E-state index contributed by atoms with van der Waals surface area (Å²) >= 11 is 1.65. The Morgan fingerprint density at radius 3 is 2.50 bits per heavy atom. The first-order valence-electron chi connectivity index (χ1n) is 5.27. The molecular weight excluding hydrogens is 222 g/mol. The van der Waals surface area contributed by atoms with Crippen LogP contribution in [0.15, 0.2) is 16.8 Å². The minimum absolute atomic E-state index is 0.458. The smallest absolute Gasteiger partial charge is 0.310 e. The van der Waals surface area contributed by atoms with Crippen molar-refractivity contribution in [2.45, 2.75) is 39.8 Å². The highest BCUT2D eigenvalue weighted by Crippen LogP contribution is 2.31. The lowest BCUT2D eigenvalue weighted by Crippen LogP contribution is -2.54. The Kier molecular flexibility index (Phi) is 3.76. The number of carbonyl (C=O) groups is 1. The van der Waals surface area contributed by atoms with Crippen molar-refractivity contribution < 1.29 is 9.90 Å². The van der Waals surface area contributed by atoms with E-state index in [1.807, 2.05) is 25.3 Å². The molecule has 0 aliphatic carbocycles. The van der Waals surface area contributed by atoms with E-state index >= 15 is 0 Å². The van der Waals surface area contributed by atoms with Crippen LogP contribution < -0.4 is 5.32 Å². The van der Waals surface area contributed by atoms with Gasteiger partial charge in [0.1, 0.15) is 0 Å². The number of carboxylic acids is 1. The molecule has 1 heterocycles. The Morgan fingerprint density at radius 1 is 1.44 bits per heavy atom. The molecule has 1 aromatic rings. The standard InChI is InChI=1S/C12H19NO2S/c1-11(2,10(14)15)12(3,4)13-7-9-5-6-16-8-9/h5-6,8,13H,7H2,1-4H3,(H,14,15). The highest BCUT2D eigenvalue weighted by molar-refractivity contribution is 7.07. The molecule has 1 aromatic heterocycles. The monoisotopic (exact) mass is 241 g/mol. The number of hydrogen-bond acceptors (Lipinski definition) is 3. The van der Waals surface area contributed by atoms with Gasteiger partial charge in [-0.2, -0.15) is 11.3 Å². The molecule has 0 fully saturated rings. The molecule has 0 amide bonds. The molecule has 0 aromatic carbocycles. The van der Waals surface area contributed by atoms with Crippen molar-refractivity contribution in [3.8, 4) is 0 Å². The second kappa shape index (κ2) is 4.55. The summed E-state index contributed by atoms with van der Waals surface area (Å²) in [7, 11) is 0. The number of thiophene rings is 1. The average Bonchev–Trinajstić information content (AvgIpc) is 2.66. The second-order valence-electron chi connectivity index (χ2n) is 5.04. The number of aliphatic carboxylic acids is 1. The zero-order valence-corrected chi connectivity index (χ0v) is 11.0. The summed E-state index contributed by atoms with van der Waals surface area (Å²) in [6.45, 7) is 8.04. The molecular formula is C12H19NO2S. The molecule has 0 radical (unpaired) electrons. The normalized spacial score (nSPS) is 12.8. The van der Waals surface area contributed by atoms with Crippen molar-refractivity contribution in [3.63, 3.8) is 0 Å². The zero-order chi connectivity index (χ0) is 12.4. The Labute approximate surface area is 100 Å². The number of carboxylic acid groups (broad SMARTS) is 1. The van der Waals surface area contributed by atoms with Gasteiger partial charge in [-0.15, -0.1) is 0 Å². The summed E-state index contributed by atoms with van der Waals surface area (Å²) < 4.78 is 0. The van der Waals surface area contributed by atoms with Crippen LogP contribution in [0.1, 0.15) is 33.3 Å². The Morgan fingerprint density at radius 2 is 2.06 bits per heavy atom. The molecule has 0 aliphatic rings. The van der Waals surface area contributed by atoms with Gasteiger partial charge in [0.2, 0.25) is 0 Å². The van der Waals surface area contributed by atoms with Crippen molar-refractivity contribution in [3.05, 3.63) is 22.4 Å². The zero-order valence-electron chi connectivity index (χ0n) is 10.2. The Hall–Kier alpha value is -0.870. The number of nitrogens with one attached hydrogen (secondary N) is 1. The van der Waals surface area contributed by atoms with E-state index in [9.17, 15) is 9.90 Å². The molecule has 1 rings (SSSR count). The van der Waals surface area contributed by atoms with Crippen molar-refractivity contribution in [2.75, 3.05) is 0 Å². The first kappa shape index (κ1) is 13.2. The van der Waals surface area contributed by atoms with Gasteiger partial charge in [0.05, 0.1) is 5.41 Å². The summed E-state index contributed by atoms with van der Waals surface area (Å²) in [5, 5.41) is 16.6. The second-order valence-corrected chi connectivity index (χ2v) is 5.82. The van der Waals surface area contributed by atoms with E-state index in [0.717, 1.165) is 0 Å². The maximum atomic E-state index is 11.2. The molecule has 0 saturated carbocycles. The van der Waals surface area contributed by atoms with E-state index in [0.29, 0.717) is 6.54 Å². The highest BCUT2D eigenvalue weighted by atomic mass is 32.1. The van der Waals surface area contributed by atoms with Crippen LogP contribution in [0.4, 0.5) is 0 Å². The summed E-state index contributed by atoms with van der Waals surface area (Å²) in [5.41, 5.74) is -0.0664. The Bertz CT molecular complexity index is 355. The fourth-order valence-electron chi connectivity index (χ4n) is 1.20. The van der Waals surface area contributed by atoms with Crippen LogP contribution in [0.5, 0.6) is 0 Å². The van der Waals surface area contributed by atoms with Crippen LogP contribution >= 0.6 is 11.3 Å². The molecule has 3 nitrogen and oxygen atoms in total. The summed E-state index contributed by atoms with van der Waals surface area (Å²) in [4.78, 5) is 11.2. The molecule has 0 bridgehead atoms. The first-order valence-corrected chi connectivity index (χ1v) is 6.21. The molecule has 90 valence electrons. The number of rotatable bonds is 5. The molecule has 2 N–H and O–H groups in total. The van der Waals surface area contributed by atoms with Crippen LogP contribution in [-0.4, -0.2) is 16.6 Å². The quantitative estimate of drug-likeness (QED) is 0.833. The van der Waals surface area contributed by atoms with E-state index in [1.54, 1.807) is 25.2 Å². The van der Waals surface area contributed by atoms with Crippen LogP contribution in [0.2, 0.25) is 0 Å². The SMILES string of the molecule is CC(C)(NCc1ccsc1)C(C)(C)C(=O)O. The van der Waals surface area contributed by atoms with Gasteiger partial charge in [-0.1, -0.05) is 0 Å². The van der Waals surface area contributed by atoms with Gasteiger partial charge < -0.3 is 10.4 Å². The van der Waals surface area contributed by atoms with Crippen LogP contribution in [-0.2, 0) is 11.3 Å². The predicted octanol–water partition coefficient (Wildman–Crippen LogP) is 2.73. The summed E-state index contributed by atoms with van der Waals surface area (Å²) in [6, 6.07) is 2.04. The topological polar surface area (TPSA) is 49.3 Å². The van der Waals surface area contributed by atoms with Crippen LogP contribution in [0.25, 0.3) is 0 Å². The van der Waals surface area contributed by atoms with Crippen LogP contribution in [0, 0.1) is 5.41 Å². The summed E-state index contributed by atoms with van der Waals surface area (Å²) in [6.07, 6.45) is 0. The lowest BCUT2D eigenvalue weighted by molar-refractivity contribution is -0.151. The largest absolute Gasteiger partial charge is 0.481 e. The molecule has 16 heavy (non-hydrogen) atoms. The van der Waals surface area contributed by atoms with Crippen LogP contribution in [0.3, 0.4) is 0 Å². The van der Waals surface area contributed by atoms with E-state index in [2.05, 4.69) is 10.7 Å². The Balaban J connectivity index is 2.68. The molecule has 0 spiro atoms. The fraction of sp³-hybridized carbons (Fsp3) is 0.583. The van der Waals surface area contributed by atoms with E-state index in [-0.39, 0.29) is 0 Å². The lowest BCUT2D eigenvalue weighted by Gasteiger charge is -2.39. The number of hydrogen-bond donors (Lipinski definition) is 2. The third kappa shape index (κ3) is 2.62. The molecule has 0 saturated heterocycles. The maximum absolute atomic E-state index is 11.2. The van der Waals surface area contributed by atoms with E-state index in [4.69, 9.17) is 0 Å². The minimum Gasteiger partial charge on any atom is -0.481 e. The highest BCUT2D eigenvalue weighted by Gasteiger charge is 2.42. The maximum Gasteiger partial charge on any atom is 0.310 e. The van der Waals surface area contributed by atoms with Gasteiger partial charge in [-0.05, 0) is 50.1 Å². The van der Waals surface area contributed by atoms with Crippen molar-refractivity contribution in [2.24, 2.45) is 5.41 Å². The summed E-state index contributed by atoms with van der Waals surface area (Å²) in [5.74, 6) is -0.782. The minimum atomic E-state index is -0.803. The average molecular weight is 241 g/mol. The van der Waals surface area contributed by atoms with E-state index in [1.165, 1.54) is 5.56 Å². The molecule has 4 heteroatoms. The van der Waals surface area contributed by atoms with Gasteiger partial charge in [-0.3, -0.25) is 4.79 Å². The van der Waals surface area contributed by atoms with Crippen molar-refractivity contribution in [1.29, 1.82) is 0 Å². The molecule has 0 atom stereocenters. The third-order valence-electron chi connectivity index (χ3n) is 3.41. The fourth-order valence-corrected chi connectivity index (χ4v) is 1.87. The van der Waals surface area contributed by atoms with Crippen molar-refractivity contribution in [1.82, 2.24) is 5.32 Å². The van der Waals surface area contributed by atoms with Gasteiger partial charge >= 0.3 is 5.97 Å². The van der Waals surface area contributed by atoms with Gasteiger partial charge in [0.25, 0.3) is 0 Å². The third-order valence-corrected chi connectivity index (χ3v) is 4.14. The van der Waals surface area contributed by atoms with Gasteiger partial charge in [-0.25, -0.2) is 0 Å². The van der Waals surface area contributed by atoms with Gasteiger partial charge in [0, 0.05) is 12.1 Å². The first-order chi connectivity index (χ1) is 7.27. The molecule has 0 unspecified atom stereocenters. The van der Waals surface area contributed by atoms with Gasteiger partial charge in [0.15, 0.2) is 0 Å². The predicted molar refractivity (Wildman–Crippen MR) is 66.7 cm³/mol. The molecule has 0 aliphatic heterocycles. The van der Waals surface area contributed by atoms with Crippen molar-refractivity contribution >= 4 is 17.3 Å².